The molecule has 0 atom stereocenters. The minimum Gasteiger partial charge on any atom is -0.0998 e. The summed E-state index contributed by atoms with van der Waals surface area (Å²) in [6.07, 6.45) is 11.4. The minimum atomic E-state index is 0.815. The molecule has 1 aliphatic rings. The van der Waals surface area contributed by atoms with Crippen LogP contribution >= 0.6 is 0 Å². The fourth-order valence-corrected chi connectivity index (χ4v) is 4.01. The first-order chi connectivity index (χ1) is 13.1. The van der Waals surface area contributed by atoms with Crippen molar-refractivity contribution in [3.63, 3.8) is 0 Å². The average molecular weight is 357 g/mol. The van der Waals surface area contributed by atoms with E-state index in [-0.39, 0.29) is 0 Å². The molecule has 1 fully saturated rings. The molecule has 0 heteroatoms. The first kappa shape index (κ1) is 19.4. The Balaban J connectivity index is 1.78. The highest BCUT2D eigenvalue weighted by molar-refractivity contribution is 5.78. The van der Waals surface area contributed by atoms with E-state index in [9.17, 15) is 0 Å². The van der Waals surface area contributed by atoms with Crippen LogP contribution in [0.1, 0.15) is 57.4 Å². The molecule has 0 amide bonds. The molecule has 0 heterocycles. The van der Waals surface area contributed by atoms with Crippen molar-refractivity contribution in [3.05, 3.63) is 90.5 Å². The summed E-state index contributed by atoms with van der Waals surface area (Å²) >= 11 is 0. The molecule has 0 aromatic heterocycles. The highest BCUT2D eigenvalue weighted by atomic mass is 14.2. The van der Waals surface area contributed by atoms with E-state index in [4.69, 9.17) is 0 Å². The van der Waals surface area contributed by atoms with Gasteiger partial charge in [-0.1, -0.05) is 112 Å². The molecule has 1 aliphatic carbocycles. The lowest BCUT2D eigenvalue weighted by atomic mass is 9.82. The third-order valence-electron chi connectivity index (χ3n) is 5.66. The summed E-state index contributed by atoms with van der Waals surface area (Å²) in [4.78, 5) is 0. The van der Waals surface area contributed by atoms with Gasteiger partial charge < -0.3 is 0 Å². The predicted molar refractivity (Wildman–Crippen MR) is 120 cm³/mol. The predicted octanol–water partition coefficient (Wildman–Crippen LogP) is 8.23. The Hall–Kier alpha value is -2.34. The molecule has 0 radical (unpaired) electrons. The molecule has 2 aromatic carbocycles. The van der Waals surface area contributed by atoms with Gasteiger partial charge in [0.1, 0.15) is 0 Å². The van der Waals surface area contributed by atoms with Crippen molar-refractivity contribution in [3.8, 4) is 11.1 Å². The van der Waals surface area contributed by atoms with E-state index in [1.165, 1.54) is 65.5 Å². The van der Waals surface area contributed by atoms with Crippen molar-refractivity contribution in [2.45, 2.75) is 51.9 Å². The number of allylic oxidation sites excluding steroid dienone is 4. The third-order valence-corrected chi connectivity index (χ3v) is 5.66. The van der Waals surface area contributed by atoms with Crippen LogP contribution in [0.4, 0.5) is 0 Å². The van der Waals surface area contributed by atoms with E-state index in [2.05, 4.69) is 80.8 Å². The van der Waals surface area contributed by atoms with Crippen LogP contribution in [-0.2, 0) is 0 Å². The fraction of sp³-hybridized carbons (Fsp3) is 0.333. The summed E-state index contributed by atoms with van der Waals surface area (Å²) in [7, 11) is 0. The second kappa shape index (κ2) is 9.55. The topological polar surface area (TPSA) is 0 Å². The minimum absolute atomic E-state index is 0.815. The summed E-state index contributed by atoms with van der Waals surface area (Å²) in [5.74, 6) is 0.815. The first-order valence-corrected chi connectivity index (χ1v) is 10.3. The smallest absolute Gasteiger partial charge is 0.0138 e. The van der Waals surface area contributed by atoms with E-state index in [0.717, 1.165) is 18.8 Å². The zero-order valence-electron chi connectivity index (χ0n) is 16.7. The quantitative estimate of drug-likeness (QED) is 0.346. The van der Waals surface area contributed by atoms with Crippen LogP contribution < -0.4 is 0 Å². The van der Waals surface area contributed by atoms with Crippen LogP contribution in [0.3, 0.4) is 0 Å². The molecule has 0 unspecified atom stereocenters. The van der Waals surface area contributed by atoms with Gasteiger partial charge in [0, 0.05) is 0 Å². The summed E-state index contributed by atoms with van der Waals surface area (Å²) in [6, 6.07) is 19.4. The van der Waals surface area contributed by atoms with Gasteiger partial charge in [-0.05, 0) is 53.5 Å². The first-order valence-electron chi connectivity index (χ1n) is 10.3. The molecule has 0 nitrogen and oxygen atoms in total. The Morgan fingerprint density at radius 3 is 2.15 bits per heavy atom. The van der Waals surface area contributed by atoms with Crippen LogP contribution in [0, 0.1) is 5.92 Å². The van der Waals surface area contributed by atoms with E-state index in [1.54, 1.807) is 0 Å². The van der Waals surface area contributed by atoms with Gasteiger partial charge in [0.25, 0.3) is 0 Å². The molecule has 0 spiro atoms. The van der Waals surface area contributed by atoms with E-state index in [0.29, 0.717) is 0 Å². The van der Waals surface area contributed by atoms with Crippen LogP contribution in [0.5, 0.6) is 0 Å². The SMILES string of the molecule is C=C(C)CC=C(CC1CCCCC1)C(=C)c1ccc(-c2ccccc2)cc1. The molecular weight excluding hydrogens is 324 g/mol. The number of hydrogen-bond acceptors (Lipinski definition) is 0. The number of benzene rings is 2. The zero-order chi connectivity index (χ0) is 19.1. The molecule has 2 aromatic rings. The van der Waals surface area contributed by atoms with Gasteiger partial charge >= 0.3 is 0 Å². The lowest BCUT2D eigenvalue weighted by molar-refractivity contribution is 0.358. The maximum absolute atomic E-state index is 4.47. The van der Waals surface area contributed by atoms with Crippen molar-refractivity contribution in [2.75, 3.05) is 0 Å². The second-order valence-electron chi connectivity index (χ2n) is 8.02. The fourth-order valence-electron chi connectivity index (χ4n) is 4.01. The maximum Gasteiger partial charge on any atom is -0.0138 e. The normalized spacial score (nSPS) is 15.5. The molecule has 0 saturated heterocycles. The summed E-state index contributed by atoms with van der Waals surface area (Å²) in [5, 5.41) is 0. The second-order valence-corrected chi connectivity index (χ2v) is 8.02. The van der Waals surface area contributed by atoms with Crippen LogP contribution in [0.25, 0.3) is 16.7 Å². The molecule has 0 N–H and O–H groups in total. The Labute approximate surface area is 165 Å². The molecule has 140 valence electrons. The maximum atomic E-state index is 4.47. The van der Waals surface area contributed by atoms with E-state index in [1.807, 2.05) is 0 Å². The molecule has 27 heavy (non-hydrogen) atoms. The van der Waals surface area contributed by atoms with Gasteiger partial charge in [0.05, 0.1) is 0 Å². The van der Waals surface area contributed by atoms with Crippen molar-refractivity contribution in [1.82, 2.24) is 0 Å². The largest absolute Gasteiger partial charge is 0.0998 e. The molecule has 3 rings (SSSR count). The lowest BCUT2D eigenvalue weighted by Gasteiger charge is -2.24. The van der Waals surface area contributed by atoms with Gasteiger partial charge in [-0.15, -0.1) is 0 Å². The summed E-state index contributed by atoms with van der Waals surface area (Å²) < 4.78 is 0. The van der Waals surface area contributed by atoms with E-state index >= 15 is 0 Å². The van der Waals surface area contributed by atoms with Gasteiger partial charge in [-0.25, -0.2) is 0 Å². The van der Waals surface area contributed by atoms with Gasteiger partial charge in [-0.3, -0.25) is 0 Å². The Morgan fingerprint density at radius 1 is 0.889 bits per heavy atom. The molecule has 0 aliphatic heterocycles. The standard InChI is InChI=1S/C27H32/c1-21(2)14-15-27(20-23-10-6-4-7-11-23)22(3)24-16-18-26(19-17-24)25-12-8-5-9-13-25/h5,8-9,12-13,15-19,23H,1,3-4,6-7,10-11,14,20H2,2H3. The van der Waals surface area contributed by atoms with Crippen molar-refractivity contribution in [2.24, 2.45) is 5.92 Å². The Kier molecular flexibility index (Phi) is 6.87. The van der Waals surface area contributed by atoms with E-state index < -0.39 is 0 Å². The molecule has 1 saturated carbocycles. The summed E-state index contributed by atoms with van der Waals surface area (Å²) in [5.41, 5.74) is 7.56. The van der Waals surface area contributed by atoms with Gasteiger partial charge in [0.2, 0.25) is 0 Å². The van der Waals surface area contributed by atoms with Crippen molar-refractivity contribution >= 4 is 5.57 Å². The van der Waals surface area contributed by atoms with Crippen molar-refractivity contribution in [1.29, 1.82) is 0 Å². The molecule has 0 bridgehead atoms. The van der Waals surface area contributed by atoms with Crippen LogP contribution in [-0.4, -0.2) is 0 Å². The van der Waals surface area contributed by atoms with Gasteiger partial charge in [0.15, 0.2) is 0 Å². The third kappa shape index (κ3) is 5.57. The van der Waals surface area contributed by atoms with Crippen molar-refractivity contribution < 1.29 is 0 Å². The number of rotatable bonds is 7. The van der Waals surface area contributed by atoms with Crippen LogP contribution in [0.15, 0.2) is 85.0 Å². The lowest BCUT2D eigenvalue weighted by Crippen LogP contribution is -2.08. The van der Waals surface area contributed by atoms with Gasteiger partial charge in [-0.2, -0.15) is 0 Å². The summed E-state index contributed by atoms with van der Waals surface area (Å²) in [6.45, 7) is 10.7. The monoisotopic (exact) mass is 356 g/mol. The van der Waals surface area contributed by atoms with Crippen LogP contribution in [0.2, 0.25) is 0 Å². The number of hydrogen-bond donors (Lipinski definition) is 0. The Bertz CT molecular complexity index is 784. The Morgan fingerprint density at radius 2 is 1.52 bits per heavy atom. The highest BCUT2D eigenvalue weighted by Gasteiger charge is 2.17. The molecular formula is C27H32. The average Bonchev–Trinajstić information content (AvgIpc) is 2.72. The zero-order valence-corrected chi connectivity index (χ0v) is 16.7. The highest BCUT2D eigenvalue weighted by Crippen LogP contribution is 2.34.